The van der Waals surface area contributed by atoms with E-state index in [-0.39, 0.29) is 56.9 Å². The van der Waals surface area contributed by atoms with Crippen molar-refractivity contribution in [3.05, 3.63) is 88.5 Å². The number of anilines is 2. The first-order valence-electron chi connectivity index (χ1n) is 22.8. The fourth-order valence-electron chi connectivity index (χ4n) is 7.38. The van der Waals surface area contributed by atoms with Gasteiger partial charge in [-0.05, 0) is 47.7 Å². The van der Waals surface area contributed by atoms with Gasteiger partial charge in [-0.1, -0.05) is 56.6 Å². The quantitative estimate of drug-likeness (QED) is 0.0453. The highest BCUT2D eigenvalue weighted by Gasteiger charge is 2.44. The molecule has 2 aromatic heterocycles. The number of hydrogen-bond acceptors (Lipinski definition) is 16. The van der Waals surface area contributed by atoms with E-state index in [9.17, 15) is 23.9 Å². The van der Waals surface area contributed by atoms with Gasteiger partial charge >= 0.3 is 0 Å². The topological polar surface area (TPSA) is 214 Å². The standard InChI is InChI=1S/C49H61ClFN7O11S/c1-31-44(70-30-55-31)33-8-6-32(7-9-33)26-52-47(61)40-23-35(59)27-58(40)48(62)45(49(2,3)4)57-43(60)28-68-19-18-66-15-14-64-12-13-65-16-17-67-20-21-69-42-24-36-39(25-41(42)63-5)53-29-54-46(36)56-34-10-11-38(51)37(50)22-34/h6-11,22,24-25,29-30,35,40,45,59H,12-21,23,26-28H2,1-5H3,(H,52,61)(H,57,60)(H,53,54,56)/t35-,40+,45?/m1/s1. The molecule has 0 saturated carbocycles. The van der Waals surface area contributed by atoms with E-state index in [1.54, 1.807) is 35.0 Å². The van der Waals surface area contributed by atoms with Crippen molar-refractivity contribution in [3.63, 3.8) is 0 Å². The number of halogens is 2. The van der Waals surface area contributed by atoms with Crippen LogP contribution in [0.4, 0.5) is 15.9 Å². The number of thiazole rings is 1. The molecule has 0 aliphatic carbocycles. The number of aliphatic hydroxyl groups excluding tert-OH is 1. The molecule has 5 aromatic rings. The van der Waals surface area contributed by atoms with Crippen molar-refractivity contribution >= 4 is 63.1 Å². The number of hydrogen-bond donors (Lipinski definition) is 4. The van der Waals surface area contributed by atoms with Crippen molar-refractivity contribution in [3.8, 4) is 21.9 Å². The highest BCUT2D eigenvalue weighted by molar-refractivity contribution is 7.13. The molecule has 3 aromatic carbocycles. The zero-order valence-corrected chi connectivity index (χ0v) is 41.5. The highest BCUT2D eigenvalue weighted by Crippen LogP contribution is 2.35. The van der Waals surface area contributed by atoms with Crippen LogP contribution in [0.25, 0.3) is 21.3 Å². The van der Waals surface area contributed by atoms with Gasteiger partial charge in [-0.3, -0.25) is 14.4 Å². The summed E-state index contributed by atoms with van der Waals surface area (Å²) < 4.78 is 53.0. The predicted octanol–water partition coefficient (Wildman–Crippen LogP) is 5.88. The van der Waals surface area contributed by atoms with Crippen molar-refractivity contribution in [1.82, 2.24) is 30.5 Å². The number of nitrogens with zero attached hydrogens (tertiary/aromatic N) is 4. The van der Waals surface area contributed by atoms with Gasteiger partial charge in [0, 0.05) is 36.7 Å². The number of rotatable bonds is 27. The van der Waals surface area contributed by atoms with Crippen molar-refractivity contribution in [2.24, 2.45) is 5.41 Å². The molecule has 1 fully saturated rings. The van der Waals surface area contributed by atoms with Crippen LogP contribution in [0.15, 0.2) is 66.4 Å². The average Bonchev–Trinajstić information content (AvgIpc) is 3.96. The molecule has 0 bridgehead atoms. The number of methoxy groups -OCH3 is 1. The smallest absolute Gasteiger partial charge is 0.246 e. The van der Waals surface area contributed by atoms with Gasteiger partial charge in [0.05, 0.1) is 99.3 Å². The summed E-state index contributed by atoms with van der Waals surface area (Å²) >= 11 is 7.51. The number of aliphatic hydroxyl groups is 1. The Morgan fingerprint density at radius 2 is 1.53 bits per heavy atom. The van der Waals surface area contributed by atoms with E-state index in [0.717, 1.165) is 21.7 Å². The number of carbonyl (C=O) groups is 3. The fraction of sp³-hybridized carbons (Fsp3) is 0.469. The largest absolute Gasteiger partial charge is 0.493 e. The van der Waals surface area contributed by atoms with E-state index in [1.807, 2.05) is 52.0 Å². The Kier molecular flexibility index (Phi) is 20.4. The van der Waals surface area contributed by atoms with Crippen LogP contribution in [0, 0.1) is 18.2 Å². The summed E-state index contributed by atoms with van der Waals surface area (Å²) in [6.45, 7) is 10.3. The van der Waals surface area contributed by atoms with Gasteiger partial charge in [0.1, 0.15) is 43.3 Å². The van der Waals surface area contributed by atoms with Crippen molar-refractivity contribution < 1.29 is 57.0 Å². The van der Waals surface area contributed by atoms with Gasteiger partial charge in [-0.15, -0.1) is 11.3 Å². The van der Waals surface area contributed by atoms with Crippen LogP contribution in [0.5, 0.6) is 11.5 Å². The molecule has 0 radical (unpaired) electrons. The van der Waals surface area contributed by atoms with Crippen molar-refractivity contribution in [2.45, 2.75) is 58.8 Å². The Balaban J connectivity index is 0.792. The number of amides is 3. The van der Waals surface area contributed by atoms with Crippen LogP contribution in [-0.2, 0) is 44.6 Å². The molecule has 1 saturated heterocycles. The average molecular weight is 1010 g/mol. The summed E-state index contributed by atoms with van der Waals surface area (Å²) in [4.78, 5) is 55.7. The lowest BCUT2D eigenvalue weighted by atomic mass is 9.85. The molecule has 3 amide bonds. The first-order chi connectivity index (χ1) is 33.7. The molecule has 1 unspecified atom stereocenters. The molecule has 18 nitrogen and oxygen atoms in total. The Hall–Kier alpha value is -5.58. The van der Waals surface area contributed by atoms with Crippen LogP contribution in [-0.4, -0.2) is 147 Å². The summed E-state index contributed by atoms with van der Waals surface area (Å²) in [7, 11) is 1.54. The molecule has 378 valence electrons. The van der Waals surface area contributed by atoms with Gasteiger partial charge in [0.25, 0.3) is 0 Å². The number of fused-ring (bicyclic) bond motifs is 1. The third-order valence-corrected chi connectivity index (χ3v) is 12.3. The SMILES string of the molecule is COc1cc2ncnc(Nc3ccc(F)c(Cl)c3)c2cc1OCCOCCOCCOCCOCCOCC(=O)NC(C(=O)N1C[C@H](O)C[C@H]1C(=O)NCc1ccc(-c2scnc2C)cc1)C(C)(C)C. The normalized spacial score (nSPS) is 15.2. The number of β-amino-alcohol motifs (C(OH)–C–C–N with tert-alkyl or cyclic N) is 1. The van der Waals surface area contributed by atoms with Gasteiger partial charge < -0.3 is 59.1 Å². The first-order valence-corrected chi connectivity index (χ1v) is 24.1. The zero-order valence-electron chi connectivity index (χ0n) is 40.0. The van der Waals surface area contributed by atoms with E-state index in [2.05, 4.69) is 30.9 Å². The molecular weight excluding hydrogens is 949 g/mol. The molecule has 21 heteroatoms. The number of benzene rings is 3. The molecule has 3 heterocycles. The Labute approximate surface area is 415 Å². The summed E-state index contributed by atoms with van der Waals surface area (Å²) in [5.74, 6) is -0.408. The number of aryl methyl sites for hydroxylation is 1. The maximum atomic E-state index is 13.9. The van der Waals surface area contributed by atoms with Gasteiger partial charge in [-0.2, -0.15) is 0 Å². The van der Waals surface area contributed by atoms with E-state index in [1.165, 1.54) is 30.5 Å². The fourth-order valence-corrected chi connectivity index (χ4v) is 8.38. The molecule has 0 spiro atoms. The maximum Gasteiger partial charge on any atom is 0.246 e. The third-order valence-electron chi connectivity index (χ3n) is 11.0. The monoisotopic (exact) mass is 1010 g/mol. The number of aromatic nitrogens is 3. The number of nitrogens with one attached hydrogen (secondary N) is 3. The minimum atomic E-state index is -0.975. The maximum absolute atomic E-state index is 13.9. The lowest BCUT2D eigenvalue weighted by Crippen LogP contribution is -2.58. The van der Waals surface area contributed by atoms with Gasteiger partial charge in [0.15, 0.2) is 11.5 Å². The summed E-state index contributed by atoms with van der Waals surface area (Å²) in [5.41, 5.74) is 5.16. The van der Waals surface area contributed by atoms with Gasteiger partial charge in [-0.25, -0.2) is 19.3 Å². The zero-order chi connectivity index (χ0) is 50.0. The second kappa shape index (κ2) is 26.6. The van der Waals surface area contributed by atoms with Crippen molar-refractivity contribution in [1.29, 1.82) is 0 Å². The summed E-state index contributed by atoms with van der Waals surface area (Å²) in [6, 6.07) is 13.8. The lowest BCUT2D eigenvalue weighted by molar-refractivity contribution is -0.144. The Morgan fingerprint density at radius 3 is 2.14 bits per heavy atom. The van der Waals surface area contributed by atoms with Crippen LogP contribution in [0.3, 0.4) is 0 Å². The number of carbonyl (C=O) groups excluding carboxylic acids is 3. The molecule has 3 atom stereocenters. The van der Waals surface area contributed by atoms with Crippen LogP contribution in [0.2, 0.25) is 5.02 Å². The minimum Gasteiger partial charge on any atom is -0.493 e. The molecule has 4 N–H and O–H groups in total. The van der Waals surface area contributed by atoms with Crippen LogP contribution >= 0.6 is 22.9 Å². The van der Waals surface area contributed by atoms with Crippen LogP contribution in [0.1, 0.15) is 38.4 Å². The predicted molar refractivity (Wildman–Crippen MR) is 262 cm³/mol. The van der Waals surface area contributed by atoms with E-state index >= 15 is 0 Å². The highest BCUT2D eigenvalue weighted by atomic mass is 35.5. The second-order valence-corrected chi connectivity index (χ2v) is 18.6. The van der Waals surface area contributed by atoms with E-state index in [4.69, 9.17) is 44.8 Å². The summed E-state index contributed by atoms with van der Waals surface area (Å²) in [6.07, 6.45) is 0.620. The Morgan fingerprint density at radius 1 is 0.871 bits per heavy atom. The van der Waals surface area contributed by atoms with Gasteiger partial charge in [0.2, 0.25) is 17.7 Å². The van der Waals surface area contributed by atoms with E-state index in [0.29, 0.717) is 80.2 Å². The molecule has 1 aliphatic heterocycles. The molecule has 70 heavy (non-hydrogen) atoms. The number of ether oxygens (including phenoxy) is 7. The lowest BCUT2D eigenvalue weighted by Gasteiger charge is -2.35. The second-order valence-electron chi connectivity index (χ2n) is 17.3. The van der Waals surface area contributed by atoms with Crippen molar-refractivity contribution in [2.75, 3.05) is 91.6 Å². The third kappa shape index (κ3) is 15.7. The molecule has 6 rings (SSSR count). The van der Waals surface area contributed by atoms with E-state index < -0.39 is 41.2 Å². The number of likely N-dealkylation sites (tertiary alicyclic amines) is 1. The molecular formula is C49H61ClFN7O11S. The summed E-state index contributed by atoms with van der Waals surface area (Å²) in [5, 5.41) is 20.0. The first kappa shape index (κ1) is 53.8. The molecule has 1 aliphatic rings. The Bertz CT molecular complexity index is 2500. The minimum absolute atomic E-state index is 0.0135. The van der Waals surface area contributed by atoms with Crippen LogP contribution < -0.4 is 25.4 Å².